The van der Waals surface area contributed by atoms with Gasteiger partial charge in [-0.25, -0.2) is 17.2 Å². The molecule has 0 saturated carbocycles. The predicted octanol–water partition coefficient (Wildman–Crippen LogP) is 2.17. The minimum absolute atomic E-state index is 0.0778. The number of Topliss-reactive ketones (excluding diaryl/α,β-unsaturated/α-hetero) is 1. The molecular weight excluding hydrogens is 328 g/mol. The Balaban J connectivity index is 2.00. The number of carbonyl (C=O) groups excluding carboxylic acids is 1. The molecule has 0 aliphatic heterocycles. The largest absolute Gasteiger partial charge is 0.452 e. The van der Waals surface area contributed by atoms with Crippen molar-refractivity contribution in [3.63, 3.8) is 0 Å². The molecule has 2 aliphatic carbocycles. The summed E-state index contributed by atoms with van der Waals surface area (Å²) in [6, 6.07) is 2.82. The second kappa shape index (κ2) is 5.45. The smallest absolute Gasteiger partial charge is 0.229 e. The predicted molar refractivity (Wildman–Crippen MR) is 77.9 cm³/mol. The van der Waals surface area contributed by atoms with Crippen LogP contribution in [0.3, 0.4) is 0 Å². The molecule has 0 bridgehead atoms. The Hall–Kier alpha value is -2.22. The third kappa shape index (κ3) is 3.12. The maximum absolute atomic E-state index is 13.8. The van der Waals surface area contributed by atoms with Gasteiger partial charge in [0.1, 0.15) is 5.82 Å². The van der Waals surface area contributed by atoms with Gasteiger partial charge in [-0.1, -0.05) is 0 Å². The zero-order valence-corrected chi connectivity index (χ0v) is 13.0. The lowest BCUT2D eigenvalue weighted by Gasteiger charge is -2.14. The highest BCUT2D eigenvalue weighted by Crippen LogP contribution is 2.41. The fourth-order valence-electron chi connectivity index (χ4n) is 2.70. The number of carbonyl (C=O) groups is 1. The van der Waals surface area contributed by atoms with E-state index in [9.17, 15) is 22.0 Å². The fraction of sp³-hybridized carbons (Fsp3) is 0.267. The van der Waals surface area contributed by atoms with Crippen LogP contribution in [0.25, 0.3) is 0 Å². The first-order valence-electron chi connectivity index (χ1n) is 6.84. The van der Waals surface area contributed by atoms with E-state index in [1.807, 2.05) is 0 Å². The summed E-state index contributed by atoms with van der Waals surface area (Å²) in [6.45, 7) is 0. The van der Waals surface area contributed by atoms with Gasteiger partial charge in [0.25, 0.3) is 0 Å². The van der Waals surface area contributed by atoms with Gasteiger partial charge < -0.3 is 4.74 Å². The second-order valence-electron chi connectivity index (χ2n) is 5.42. The van der Waals surface area contributed by atoms with Crippen LogP contribution in [0.2, 0.25) is 0 Å². The lowest BCUT2D eigenvalue weighted by atomic mass is 10.1. The minimum atomic E-state index is -3.58. The van der Waals surface area contributed by atoms with Crippen LogP contribution >= 0.6 is 0 Å². The van der Waals surface area contributed by atoms with E-state index in [4.69, 9.17) is 4.74 Å². The molecule has 1 N–H and O–H groups in total. The SMILES string of the molecule is CS(=O)(=O)NC1=C(Oc2ccc(F)cc2F)C2=C(C1)C(=O)CC2. The number of hydrogen-bond acceptors (Lipinski definition) is 4. The average molecular weight is 341 g/mol. The fourth-order valence-corrected chi connectivity index (χ4v) is 3.31. The minimum Gasteiger partial charge on any atom is -0.452 e. The summed E-state index contributed by atoms with van der Waals surface area (Å²) in [4.78, 5) is 11.8. The molecule has 1 aromatic rings. The van der Waals surface area contributed by atoms with Gasteiger partial charge in [-0.2, -0.15) is 0 Å². The lowest BCUT2D eigenvalue weighted by molar-refractivity contribution is -0.115. The Kier molecular flexibility index (Phi) is 3.71. The first-order chi connectivity index (χ1) is 10.7. The summed E-state index contributed by atoms with van der Waals surface area (Å²) in [5, 5.41) is 0. The van der Waals surface area contributed by atoms with Gasteiger partial charge >= 0.3 is 0 Å². The molecule has 3 rings (SSSR count). The van der Waals surface area contributed by atoms with Crippen molar-refractivity contribution in [1.29, 1.82) is 0 Å². The highest BCUT2D eigenvalue weighted by atomic mass is 32.2. The van der Waals surface area contributed by atoms with Crippen LogP contribution in [0, 0.1) is 11.6 Å². The molecular formula is C15H13F2NO4S. The van der Waals surface area contributed by atoms with Crippen molar-refractivity contribution in [2.45, 2.75) is 19.3 Å². The number of halogens is 2. The van der Waals surface area contributed by atoms with Crippen molar-refractivity contribution >= 4 is 15.8 Å². The van der Waals surface area contributed by atoms with Crippen LogP contribution in [-0.2, 0) is 14.8 Å². The molecule has 122 valence electrons. The normalized spacial score (nSPS) is 17.8. The average Bonchev–Trinajstić information content (AvgIpc) is 2.93. The molecule has 0 aromatic heterocycles. The van der Waals surface area contributed by atoms with Gasteiger partial charge in [0.15, 0.2) is 23.1 Å². The van der Waals surface area contributed by atoms with Crippen LogP contribution in [0.15, 0.2) is 40.8 Å². The van der Waals surface area contributed by atoms with E-state index in [0.717, 1.165) is 18.4 Å². The van der Waals surface area contributed by atoms with E-state index in [0.29, 0.717) is 30.1 Å². The van der Waals surface area contributed by atoms with Gasteiger partial charge in [0.2, 0.25) is 10.0 Å². The molecule has 0 saturated heterocycles. The highest BCUT2D eigenvalue weighted by Gasteiger charge is 2.35. The van der Waals surface area contributed by atoms with Crippen molar-refractivity contribution in [3.8, 4) is 5.75 Å². The molecule has 23 heavy (non-hydrogen) atoms. The lowest BCUT2D eigenvalue weighted by Crippen LogP contribution is -2.23. The van der Waals surface area contributed by atoms with Gasteiger partial charge in [-0.3, -0.25) is 9.52 Å². The zero-order chi connectivity index (χ0) is 16.8. The van der Waals surface area contributed by atoms with Gasteiger partial charge in [0.05, 0.1) is 12.0 Å². The number of hydrogen-bond donors (Lipinski definition) is 1. The maximum Gasteiger partial charge on any atom is 0.229 e. The Bertz CT molecular complexity index is 871. The summed E-state index contributed by atoms with van der Waals surface area (Å²) >= 11 is 0. The van der Waals surface area contributed by atoms with Crippen LogP contribution < -0.4 is 9.46 Å². The van der Waals surface area contributed by atoms with E-state index in [1.165, 1.54) is 0 Å². The molecule has 1 aromatic carbocycles. The van der Waals surface area contributed by atoms with E-state index in [2.05, 4.69) is 4.72 Å². The molecule has 0 atom stereocenters. The topological polar surface area (TPSA) is 72.5 Å². The molecule has 0 radical (unpaired) electrons. The summed E-state index contributed by atoms with van der Waals surface area (Å²) in [5.74, 6) is -1.84. The number of ether oxygens (including phenoxy) is 1. The molecule has 0 fully saturated rings. The molecule has 0 heterocycles. The highest BCUT2D eigenvalue weighted by molar-refractivity contribution is 7.88. The van der Waals surface area contributed by atoms with Gasteiger partial charge in [-0.15, -0.1) is 0 Å². The van der Waals surface area contributed by atoms with Crippen LogP contribution in [0.1, 0.15) is 19.3 Å². The van der Waals surface area contributed by atoms with Crippen LogP contribution in [0.4, 0.5) is 8.78 Å². The number of benzene rings is 1. The van der Waals surface area contributed by atoms with Crippen molar-refractivity contribution in [3.05, 3.63) is 52.4 Å². The van der Waals surface area contributed by atoms with E-state index in [-0.39, 0.29) is 29.4 Å². The molecule has 5 nitrogen and oxygen atoms in total. The van der Waals surface area contributed by atoms with Crippen molar-refractivity contribution in [1.82, 2.24) is 4.72 Å². The maximum atomic E-state index is 13.8. The van der Waals surface area contributed by atoms with Gasteiger partial charge in [-0.05, 0) is 18.6 Å². The molecule has 0 unspecified atom stereocenters. The molecule has 0 amide bonds. The van der Waals surface area contributed by atoms with E-state index in [1.54, 1.807) is 0 Å². The Morgan fingerprint density at radius 1 is 1.17 bits per heavy atom. The monoisotopic (exact) mass is 341 g/mol. The first-order valence-corrected chi connectivity index (χ1v) is 8.73. The standard InChI is InChI=1S/C15H13F2NO4S/c1-23(20,21)18-12-7-10-9(3-4-13(10)19)15(12)22-14-5-2-8(16)6-11(14)17/h2,5-6,18H,3-4,7H2,1H3. The number of allylic oxidation sites excluding steroid dienone is 2. The van der Waals surface area contributed by atoms with E-state index >= 15 is 0 Å². The van der Waals surface area contributed by atoms with E-state index < -0.39 is 21.7 Å². The Morgan fingerprint density at radius 2 is 1.91 bits per heavy atom. The molecule has 0 spiro atoms. The van der Waals surface area contributed by atoms with Crippen molar-refractivity contribution in [2.75, 3.05) is 6.26 Å². The number of sulfonamides is 1. The van der Waals surface area contributed by atoms with Gasteiger partial charge in [0, 0.05) is 30.1 Å². The van der Waals surface area contributed by atoms with Crippen molar-refractivity contribution < 1.29 is 26.7 Å². The number of nitrogens with one attached hydrogen (secondary N) is 1. The number of rotatable bonds is 4. The third-order valence-corrected chi connectivity index (χ3v) is 4.24. The first kappa shape index (κ1) is 15.7. The summed E-state index contributed by atoms with van der Waals surface area (Å²) in [5.41, 5.74) is 1.24. The third-order valence-electron chi connectivity index (χ3n) is 3.62. The molecule has 2 aliphatic rings. The second-order valence-corrected chi connectivity index (χ2v) is 7.16. The quantitative estimate of drug-likeness (QED) is 0.911. The Labute approximate surface area is 131 Å². The summed E-state index contributed by atoms with van der Waals surface area (Å²) in [7, 11) is -3.58. The zero-order valence-electron chi connectivity index (χ0n) is 12.2. The van der Waals surface area contributed by atoms with Crippen LogP contribution in [-0.4, -0.2) is 20.5 Å². The number of ketones is 1. The molecule has 8 heteroatoms. The summed E-state index contributed by atoms with van der Waals surface area (Å²) in [6.07, 6.45) is 1.79. The summed E-state index contributed by atoms with van der Waals surface area (Å²) < 4.78 is 57.5. The van der Waals surface area contributed by atoms with Crippen molar-refractivity contribution in [2.24, 2.45) is 0 Å². The Morgan fingerprint density at radius 3 is 2.57 bits per heavy atom. The van der Waals surface area contributed by atoms with Crippen LogP contribution in [0.5, 0.6) is 5.75 Å².